The lowest BCUT2D eigenvalue weighted by Gasteiger charge is -2.02. The molecule has 0 bridgehead atoms. The monoisotopic (exact) mass is 248 g/mol. The lowest BCUT2D eigenvalue weighted by Crippen LogP contribution is -1.85. The molecular weight excluding hydrogens is 228 g/mol. The van der Waals surface area contributed by atoms with Crippen molar-refractivity contribution in [2.24, 2.45) is 0 Å². The van der Waals surface area contributed by atoms with Gasteiger partial charge in [-0.25, -0.2) is 0 Å². The predicted molar refractivity (Wildman–Crippen MR) is 76.1 cm³/mol. The number of hydrogen-bond donors (Lipinski definition) is 0. The van der Waals surface area contributed by atoms with E-state index in [4.69, 9.17) is 4.42 Å². The molecule has 92 valence electrons. The second-order valence-electron chi connectivity index (χ2n) is 4.73. The van der Waals surface area contributed by atoms with E-state index in [1.54, 1.807) is 11.8 Å². The van der Waals surface area contributed by atoms with Crippen LogP contribution in [0.4, 0.5) is 0 Å². The number of hydrogen-bond acceptors (Lipinski definition) is 2. The molecule has 0 aliphatic heterocycles. The SMILES string of the molecule is CCCc1ccc2oc(C(C)C)c(SC)c2c1. The molecule has 0 radical (unpaired) electrons. The zero-order valence-corrected chi connectivity index (χ0v) is 11.9. The molecule has 0 spiro atoms. The minimum Gasteiger partial charge on any atom is -0.460 e. The molecule has 0 N–H and O–H groups in total. The van der Waals surface area contributed by atoms with Gasteiger partial charge in [-0.15, -0.1) is 11.8 Å². The van der Waals surface area contributed by atoms with E-state index in [1.807, 2.05) is 0 Å². The van der Waals surface area contributed by atoms with Crippen LogP contribution in [-0.4, -0.2) is 6.26 Å². The van der Waals surface area contributed by atoms with Crippen molar-refractivity contribution in [2.75, 3.05) is 6.26 Å². The lowest BCUT2D eigenvalue weighted by atomic mass is 10.1. The summed E-state index contributed by atoms with van der Waals surface area (Å²) in [6, 6.07) is 6.59. The van der Waals surface area contributed by atoms with Crippen molar-refractivity contribution in [1.29, 1.82) is 0 Å². The van der Waals surface area contributed by atoms with Gasteiger partial charge >= 0.3 is 0 Å². The third-order valence-corrected chi connectivity index (χ3v) is 3.83. The fourth-order valence-corrected chi connectivity index (χ4v) is 3.03. The van der Waals surface area contributed by atoms with Gasteiger partial charge in [-0.3, -0.25) is 0 Å². The summed E-state index contributed by atoms with van der Waals surface area (Å²) >= 11 is 1.79. The molecule has 0 amide bonds. The normalized spacial score (nSPS) is 11.6. The summed E-state index contributed by atoms with van der Waals surface area (Å²) in [6.07, 6.45) is 4.46. The van der Waals surface area contributed by atoms with E-state index < -0.39 is 0 Å². The maximum atomic E-state index is 5.96. The molecule has 1 heterocycles. The van der Waals surface area contributed by atoms with Gasteiger partial charge in [-0.1, -0.05) is 33.3 Å². The van der Waals surface area contributed by atoms with Crippen LogP contribution in [0.25, 0.3) is 11.0 Å². The van der Waals surface area contributed by atoms with Crippen LogP contribution in [0.15, 0.2) is 27.5 Å². The van der Waals surface area contributed by atoms with Crippen molar-refractivity contribution in [3.05, 3.63) is 29.5 Å². The van der Waals surface area contributed by atoms with E-state index in [0.717, 1.165) is 17.8 Å². The molecule has 1 aromatic carbocycles. The van der Waals surface area contributed by atoms with Crippen LogP contribution >= 0.6 is 11.8 Å². The van der Waals surface area contributed by atoms with Crippen LogP contribution < -0.4 is 0 Å². The smallest absolute Gasteiger partial charge is 0.135 e. The molecule has 1 nitrogen and oxygen atoms in total. The van der Waals surface area contributed by atoms with E-state index in [1.165, 1.54) is 22.3 Å². The first-order chi connectivity index (χ1) is 8.17. The molecule has 17 heavy (non-hydrogen) atoms. The molecule has 0 atom stereocenters. The highest BCUT2D eigenvalue weighted by molar-refractivity contribution is 7.98. The summed E-state index contributed by atoms with van der Waals surface area (Å²) < 4.78 is 5.96. The third kappa shape index (κ3) is 2.37. The quantitative estimate of drug-likeness (QED) is 0.687. The van der Waals surface area contributed by atoms with Gasteiger partial charge in [0.2, 0.25) is 0 Å². The topological polar surface area (TPSA) is 13.1 Å². The maximum absolute atomic E-state index is 5.96. The first-order valence-corrected chi connectivity index (χ1v) is 7.49. The number of thioether (sulfide) groups is 1. The first kappa shape index (κ1) is 12.6. The van der Waals surface area contributed by atoms with Crippen molar-refractivity contribution in [2.45, 2.75) is 44.4 Å². The maximum Gasteiger partial charge on any atom is 0.135 e. The number of benzene rings is 1. The molecule has 0 aliphatic carbocycles. The van der Waals surface area contributed by atoms with Gasteiger partial charge in [0.15, 0.2) is 0 Å². The Balaban J connectivity index is 2.58. The first-order valence-electron chi connectivity index (χ1n) is 6.26. The van der Waals surface area contributed by atoms with E-state index in [2.05, 4.69) is 45.2 Å². The van der Waals surface area contributed by atoms with Crippen LogP contribution in [0.3, 0.4) is 0 Å². The average molecular weight is 248 g/mol. The van der Waals surface area contributed by atoms with Gasteiger partial charge in [-0.05, 0) is 30.4 Å². The summed E-state index contributed by atoms with van der Waals surface area (Å²) in [5.41, 5.74) is 2.43. The van der Waals surface area contributed by atoms with Crippen LogP contribution in [0.5, 0.6) is 0 Å². The Morgan fingerprint density at radius 3 is 2.65 bits per heavy atom. The molecule has 0 unspecified atom stereocenters. The minimum absolute atomic E-state index is 0.444. The number of rotatable bonds is 4. The lowest BCUT2D eigenvalue weighted by molar-refractivity contribution is 0.510. The van der Waals surface area contributed by atoms with Crippen molar-refractivity contribution in [3.8, 4) is 0 Å². The fourth-order valence-electron chi connectivity index (χ4n) is 2.18. The standard InChI is InChI=1S/C15H20OS/c1-5-6-11-7-8-13-12(9-11)15(17-4)14(16-13)10(2)3/h7-10H,5-6H2,1-4H3. The Kier molecular flexibility index (Phi) is 3.82. The zero-order valence-electron chi connectivity index (χ0n) is 11.0. The number of aryl methyl sites for hydroxylation is 1. The highest BCUT2D eigenvalue weighted by atomic mass is 32.2. The predicted octanol–water partition coefficient (Wildman–Crippen LogP) is 5.23. The fraction of sp³-hybridized carbons (Fsp3) is 0.467. The second-order valence-corrected chi connectivity index (χ2v) is 5.55. The van der Waals surface area contributed by atoms with Crippen LogP contribution in [0.2, 0.25) is 0 Å². The molecule has 2 aromatic rings. The van der Waals surface area contributed by atoms with Gasteiger partial charge in [-0.2, -0.15) is 0 Å². The minimum atomic E-state index is 0.444. The largest absolute Gasteiger partial charge is 0.460 e. The molecular formula is C15H20OS. The van der Waals surface area contributed by atoms with Gasteiger partial charge in [0.25, 0.3) is 0 Å². The highest BCUT2D eigenvalue weighted by Gasteiger charge is 2.16. The summed E-state index contributed by atoms with van der Waals surface area (Å²) in [4.78, 5) is 1.31. The molecule has 1 aromatic heterocycles. The number of fused-ring (bicyclic) bond motifs is 1. The van der Waals surface area contributed by atoms with E-state index in [9.17, 15) is 0 Å². The van der Waals surface area contributed by atoms with Gasteiger partial charge in [0.1, 0.15) is 11.3 Å². The average Bonchev–Trinajstić information content (AvgIpc) is 2.67. The van der Waals surface area contributed by atoms with E-state index in [-0.39, 0.29) is 0 Å². The van der Waals surface area contributed by atoms with Crippen LogP contribution in [0.1, 0.15) is 44.4 Å². The summed E-state index contributed by atoms with van der Waals surface area (Å²) in [5.74, 6) is 1.57. The summed E-state index contributed by atoms with van der Waals surface area (Å²) in [7, 11) is 0. The Morgan fingerprint density at radius 1 is 1.29 bits per heavy atom. The van der Waals surface area contributed by atoms with Crippen LogP contribution in [0, 0.1) is 0 Å². The van der Waals surface area contributed by atoms with E-state index >= 15 is 0 Å². The van der Waals surface area contributed by atoms with E-state index in [0.29, 0.717) is 5.92 Å². The Morgan fingerprint density at radius 2 is 2.06 bits per heavy atom. The Hall–Kier alpha value is -0.890. The Bertz CT molecular complexity index is 511. The Labute approximate surface area is 108 Å². The van der Waals surface area contributed by atoms with Crippen LogP contribution in [-0.2, 0) is 6.42 Å². The van der Waals surface area contributed by atoms with Crippen molar-refractivity contribution in [3.63, 3.8) is 0 Å². The zero-order chi connectivity index (χ0) is 12.4. The number of furan rings is 1. The third-order valence-electron chi connectivity index (χ3n) is 3.00. The molecule has 0 saturated heterocycles. The summed E-state index contributed by atoms with van der Waals surface area (Å²) in [6.45, 7) is 6.59. The molecule has 0 fully saturated rings. The molecule has 2 heteroatoms. The molecule has 0 aliphatic rings. The van der Waals surface area contributed by atoms with Gasteiger partial charge < -0.3 is 4.42 Å². The van der Waals surface area contributed by atoms with Crippen molar-refractivity contribution >= 4 is 22.7 Å². The molecule has 2 rings (SSSR count). The van der Waals surface area contributed by atoms with Crippen molar-refractivity contribution < 1.29 is 4.42 Å². The summed E-state index contributed by atoms with van der Waals surface area (Å²) in [5, 5.41) is 1.28. The van der Waals surface area contributed by atoms with Gasteiger partial charge in [0, 0.05) is 11.3 Å². The van der Waals surface area contributed by atoms with Crippen molar-refractivity contribution in [1.82, 2.24) is 0 Å². The highest BCUT2D eigenvalue weighted by Crippen LogP contribution is 2.37. The molecule has 0 saturated carbocycles. The van der Waals surface area contributed by atoms with Gasteiger partial charge in [0.05, 0.1) is 4.90 Å². The second kappa shape index (κ2) is 5.18.